The fraction of sp³-hybridized carbons (Fsp3) is 0.211. The number of hydrogen-bond donors (Lipinski definition) is 1. The van der Waals surface area contributed by atoms with E-state index >= 15 is 0 Å². The third-order valence-electron chi connectivity index (χ3n) is 4.31. The van der Waals surface area contributed by atoms with E-state index in [2.05, 4.69) is 35.8 Å². The normalized spacial score (nSPS) is 13.3. The Labute approximate surface area is 145 Å². The first-order valence-corrected chi connectivity index (χ1v) is 9.37. The Morgan fingerprint density at radius 2 is 2.04 bits per heavy atom. The number of nitrogens with one attached hydrogen (secondary N) is 1. The summed E-state index contributed by atoms with van der Waals surface area (Å²) in [4.78, 5) is 6.08. The second-order valence-corrected chi connectivity index (χ2v) is 7.10. The summed E-state index contributed by atoms with van der Waals surface area (Å²) in [6, 6.07) is 14.5. The zero-order chi connectivity index (χ0) is 15.8. The van der Waals surface area contributed by atoms with Crippen molar-refractivity contribution >= 4 is 45.6 Å². The van der Waals surface area contributed by atoms with Crippen molar-refractivity contribution in [2.75, 3.05) is 11.6 Å². The lowest BCUT2D eigenvalue weighted by Crippen LogP contribution is -2.00. The van der Waals surface area contributed by atoms with E-state index < -0.39 is 0 Å². The fourth-order valence-corrected chi connectivity index (χ4v) is 3.85. The number of rotatable bonds is 3. The van der Waals surface area contributed by atoms with Gasteiger partial charge in [0, 0.05) is 26.7 Å². The number of nitrogens with zero attached hydrogens (tertiary/aromatic N) is 1. The van der Waals surface area contributed by atoms with Crippen LogP contribution in [0, 0.1) is 0 Å². The Balaban J connectivity index is 1.88. The van der Waals surface area contributed by atoms with E-state index in [4.69, 9.17) is 16.6 Å². The van der Waals surface area contributed by atoms with Gasteiger partial charge in [0.15, 0.2) is 0 Å². The molecule has 3 aromatic rings. The maximum Gasteiger partial charge on any atom is 0.0727 e. The molecule has 0 atom stereocenters. The van der Waals surface area contributed by atoms with Crippen LogP contribution in [0.3, 0.4) is 0 Å². The Hall–Kier alpha value is -1.71. The largest absolute Gasteiger partial charge is 0.355 e. The predicted octanol–water partition coefficient (Wildman–Crippen LogP) is 5.84. The minimum atomic E-state index is 0.748. The van der Waals surface area contributed by atoms with Gasteiger partial charge in [0.25, 0.3) is 0 Å². The fourth-order valence-electron chi connectivity index (χ4n) is 3.22. The number of halogens is 1. The van der Waals surface area contributed by atoms with Crippen molar-refractivity contribution in [3.63, 3.8) is 0 Å². The molecular weight excluding hydrogens is 324 g/mol. The van der Waals surface area contributed by atoms with Crippen LogP contribution in [0.1, 0.15) is 17.7 Å². The van der Waals surface area contributed by atoms with Gasteiger partial charge in [0.1, 0.15) is 0 Å². The molecule has 1 aromatic heterocycles. The van der Waals surface area contributed by atoms with Crippen LogP contribution in [0.2, 0.25) is 5.02 Å². The quantitative estimate of drug-likeness (QED) is 0.606. The molecule has 2 aromatic carbocycles. The monoisotopic (exact) mass is 340 g/mol. The highest BCUT2D eigenvalue weighted by Crippen LogP contribution is 2.37. The van der Waals surface area contributed by atoms with E-state index in [9.17, 15) is 0 Å². The highest BCUT2D eigenvalue weighted by molar-refractivity contribution is 7.98. The Bertz CT molecular complexity index is 892. The molecule has 0 aliphatic heterocycles. The van der Waals surface area contributed by atoms with Crippen LogP contribution >= 0.6 is 23.4 Å². The highest BCUT2D eigenvalue weighted by Gasteiger charge is 2.20. The Kier molecular flexibility index (Phi) is 3.92. The van der Waals surface area contributed by atoms with Crippen molar-refractivity contribution in [2.45, 2.75) is 24.2 Å². The lowest BCUT2D eigenvalue weighted by atomic mass is 10.1. The van der Waals surface area contributed by atoms with Crippen LogP contribution < -0.4 is 5.32 Å². The van der Waals surface area contributed by atoms with Gasteiger partial charge in [-0.2, -0.15) is 0 Å². The SMILES string of the molecule is CSc1cccc(Nc2c3c(nc4ccc(Cl)cc24)CCC3)c1. The molecule has 0 saturated carbocycles. The van der Waals surface area contributed by atoms with Crippen molar-refractivity contribution in [3.05, 3.63) is 58.7 Å². The summed E-state index contributed by atoms with van der Waals surface area (Å²) >= 11 is 7.98. The van der Waals surface area contributed by atoms with E-state index in [1.165, 1.54) is 28.3 Å². The lowest BCUT2D eigenvalue weighted by Gasteiger charge is -2.15. The molecule has 0 radical (unpaired) electrons. The molecule has 1 aliphatic carbocycles. The summed E-state index contributed by atoms with van der Waals surface area (Å²) in [5, 5.41) is 5.49. The summed E-state index contributed by atoms with van der Waals surface area (Å²) in [7, 11) is 0. The molecule has 4 rings (SSSR count). The molecule has 0 bridgehead atoms. The first-order valence-electron chi connectivity index (χ1n) is 7.77. The minimum Gasteiger partial charge on any atom is -0.355 e. The molecule has 0 unspecified atom stereocenters. The summed E-state index contributed by atoms with van der Waals surface area (Å²) < 4.78 is 0. The van der Waals surface area contributed by atoms with Crippen LogP contribution in [0.4, 0.5) is 11.4 Å². The number of thioether (sulfide) groups is 1. The zero-order valence-electron chi connectivity index (χ0n) is 12.9. The van der Waals surface area contributed by atoms with Gasteiger partial charge >= 0.3 is 0 Å². The van der Waals surface area contributed by atoms with Gasteiger partial charge in [-0.3, -0.25) is 4.98 Å². The van der Waals surface area contributed by atoms with E-state index in [1.54, 1.807) is 11.8 Å². The smallest absolute Gasteiger partial charge is 0.0727 e. The second-order valence-electron chi connectivity index (χ2n) is 5.78. The number of hydrogen-bond acceptors (Lipinski definition) is 3. The standard InChI is InChI=1S/C19H17ClN2S/c1-23-14-5-2-4-13(11-14)21-19-15-6-3-7-17(15)22-18-9-8-12(20)10-16(18)19/h2,4-5,8-11H,3,6-7H2,1H3,(H,21,22). The van der Waals surface area contributed by atoms with E-state index in [-0.39, 0.29) is 0 Å². The second kappa shape index (κ2) is 6.06. The van der Waals surface area contributed by atoms with Gasteiger partial charge in [0.05, 0.1) is 11.2 Å². The van der Waals surface area contributed by atoms with Crippen molar-refractivity contribution < 1.29 is 0 Å². The molecule has 0 saturated heterocycles. The van der Waals surface area contributed by atoms with Crippen LogP contribution in [-0.2, 0) is 12.8 Å². The average Bonchev–Trinajstić information content (AvgIpc) is 3.03. The summed E-state index contributed by atoms with van der Waals surface area (Å²) in [6.07, 6.45) is 5.41. The number of fused-ring (bicyclic) bond motifs is 2. The molecule has 116 valence electrons. The molecule has 1 aliphatic rings. The number of pyridine rings is 1. The predicted molar refractivity (Wildman–Crippen MR) is 100 cm³/mol. The molecular formula is C19H17ClN2S. The van der Waals surface area contributed by atoms with Crippen molar-refractivity contribution in [1.29, 1.82) is 0 Å². The molecule has 0 spiro atoms. The maximum absolute atomic E-state index is 6.23. The number of anilines is 2. The van der Waals surface area contributed by atoms with Gasteiger partial charge in [-0.05, 0) is 67.5 Å². The summed E-state index contributed by atoms with van der Waals surface area (Å²) in [5.41, 5.74) is 5.86. The summed E-state index contributed by atoms with van der Waals surface area (Å²) in [6.45, 7) is 0. The van der Waals surface area contributed by atoms with Crippen LogP contribution in [0.5, 0.6) is 0 Å². The number of aryl methyl sites for hydroxylation is 1. The first kappa shape index (κ1) is 14.9. The minimum absolute atomic E-state index is 0.748. The van der Waals surface area contributed by atoms with Crippen molar-refractivity contribution in [1.82, 2.24) is 4.98 Å². The molecule has 2 nitrogen and oxygen atoms in total. The molecule has 1 heterocycles. The van der Waals surface area contributed by atoms with Gasteiger partial charge in [0.2, 0.25) is 0 Å². The van der Waals surface area contributed by atoms with Gasteiger partial charge < -0.3 is 5.32 Å². The zero-order valence-corrected chi connectivity index (χ0v) is 14.5. The highest BCUT2D eigenvalue weighted by atomic mass is 35.5. The Morgan fingerprint density at radius 1 is 1.13 bits per heavy atom. The molecule has 23 heavy (non-hydrogen) atoms. The van der Waals surface area contributed by atoms with E-state index in [0.29, 0.717) is 0 Å². The summed E-state index contributed by atoms with van der Waals surface area (Å²) in [5.74, 6) is 0. The van der Waals surface area contributed by atoms with Crippen LogP contribution in [-0.4, -0.2) is 11.2 Å². The topological polar surface area (TPSA) is 24.9 Å². The molecule has 1 N–H and O–H groups in total. The van der Waals surface area contributed by atoms with Crippen LogP contribution in [0.25, 0.3) is 10.9 Å². The van der Waals surface area contributed by atoms with Gasteiger partial charge in [-0.1, -0.05) is 17.7 Å². The Morgan fingerprint density at radius 3 is 2.91 bits per heavy atom. The van der Waals surface area contributed by atoms with Gasteiger partial charge in [-0.25, -0.2) is 0 Å². The van der Waals surface area contributed by atoms with Crippen LogP contribution in [0.15, 0.2) is 47.4 Å². The molecule has 0 amide bonds. The average molecular weight is 341 g/mol. The molecule has 4 heteroatoms. The third-order valence-corrected chi connectivity index (χ3v) is 5.27. The third kappa shape index (κ3) is 2.79. The molecule has 0 fully saturated rings. The van der Waals surface area contributed by atoms with Crippen molar-refractivity contribution in [2.24, 2.45) is 0 Å². The maximum atomic E-state index is 6.23. The lowest BCUT2D eigenvalue weighted by molar-refractivity contribution is 0.901. The van der Waals surface area contributed by atoms with Crippen molar-refractivity contribution in [3.8, 4) is 0 Å². The first-order chi connectivity index (χ1) is 11.2. The number of aromatic nitrogens is 1. The number of benzene rings is 2. The van der Waals surface area contributed by atoms with Gasteiger partial charge in [-0.15, -0.1) is 11.8 Å². The van der Waals surface area contributed by atoms with E-state index in [0.717, 1.165) is 34.5 Å². The van der Waals surface area contributed by atoms with E-state index in [1.807, 2.05) is 18.2 Å².